The molecule has 1 aliphatic heterocycles. The normalized spacial score (nSPS) is 13.7. The minimum absolute atomic E-state index is 0. The smallest absolute Gasteiger partial charge is 0.340 e. The van der Waals surface area contributed by atoms with Crippen LogP contribution in [0.1, 0.15) is 17.3 Å². The Hall–Kier alpha value is -6.14. The molecule has 0 fully saturated rings. The van der Waals surface area contributed by atoms with Crippen molar-refractivity contribution in [2.45, 2.75) is 16.0 Å². The summed E-state index contributed by atoms with van der Waals surface area (Å²) in [6.07, 6.45) is 4.11. The van der Waals surface area contributed by atoms with Gasteiger partial charge in [-0.1, -0.05) is 137 Å². The van der Waals surface area contributed by atoms with Gasteiger partial charge in [0, 0.05) is 44.7 Å². The maximum Gasteiger partial charge on any atom is 2.00 e. The van der Waals surface area contributed by atoms with E-state index in [1.807, 2.05) is 72.7 Å². The van der Waals surface area contributed by atoms with Gasteiger partial charge in [-0.2, -0.15) is 18.2 Å². The van der Waals surface area contributed by atoms with E-state index in [1.165, 1.54) is 30.5 Å². The molecule has 0 N–H and O–H groups in total. The molecule has 282 valence electrons. The Labute approximate surface area is 358 Å². The van der Waals surface area contributed by atoms with Crippen LogP contribution in [-0.2, 0) is 20.4 Å². The largest absolute Gasteiger partial charge is 2.00 e. The Kier molecular flexibility index (Phi) is 8.54. The molecule has 1 aliphatic rings. The van der Waals surface area contributed by atoms with Crippen LogP contribution in [0.25, 0.3) is 54.9 Å². The molecule has 0 aliphatic carbocycles. The Bertz CT molecular complexity index is 3380. The number of para-hydroxylation sites is 1. The van der Waals surface area contributed by atoms with Crippen LogP contribution in [0.5, 0.6) is 0 Å². The van der Waals surface area contributed by atoms with Crippen molar-refractivity contribution in [3.8, 4) is 5.69 Å². The molecule has 1 atom stereocenters. The Morgan fingerprint density at radius 1 is 0.559 bits per heavy atom. The molecule has 0 saturated heterocycles. The summed E-state index contributed by atoms with van der Waals surface area (Å²) in [6, 6.07) is 64.6. The molecule has 5 heterocycles. The standard InChI is InChI=1S/C51H31FN4SSi.Pd/c52-48(34-24-25-38-39-19-7-8-21-42(39)55-30-29-54-50(55)41(38)32-34)33-13-11-14-35(31-33)56-43-26-27-46-49(47(43)40-20-12-28-53-51(40)56)57-44-22-9-10-23-45(44)58(46,36-15-3-1-4-16-36)37-17-5-2-6-18-37;/h1-30,48H;/q-2;+2. The van der Waals surface area contributed by atoms with Gasteiger partial charge in [0.05, 0.1) is 11.2 Å². The van der Waals surface area contributed by atoms with Gasteiger partial charge >= 0.3 is 20.4 Å². The van der Waals surface area contributed by atoms with Crippen molar-refractivity contribution in [1.82, 2.24) is 18.9 Å². The summed E-state index contributed by atoms with van der Waals surface area (Å²) in [5, 5.41) is 10.5. The van der Waals surface area contributed by atoms with E-state index in [1.54, 1.807) is 6.20 Å². The summed E-state index contributed by atoms with van der Waals surface area (Å²) in [7, 11) is -2.78. The third-order valence-corrected chi connectivity index (χ3v) is 18.3. The molecule has 12 rings (SSSR count). The Morgan fingerprint density at radius 2 is 1.27 bits per heavy atom. The molecule has 7 aromatic carbocycles. The molecule has 0 radical (unpaired) electrons. The van der Waals surface area contributed by atoms with Gasteiger partial charge in [-0.3, -0.25) is 4.98 Å². The van der Waals surface area contributed by atoms with Gasteiger partial charge in [-0.15, -0.1) is 29.8 Å². The summed E-state index contributed by atoms with van der Waals surface area (Å²) >= 11 is 1.85. The zero-order chi connectivity index (χ0) is 38.4. The summed E-state index contributed by atoms with van der Waals surface area (Å²) in [4.78, 5) is 12.2. The van der Waals surface area contributed by atoms with Gasteiger partial charge in [0.25, 0.3) is 0 Å². The van der Waals surface area contributed by atoms with E-state index in [0.717, 1.165) is 54.9 Å². The first-order valence-electron chi connectivity index (χ1n) is 19.4. The van der Waals surface area contributed by atoms with Crippen LogP contribution in [0.3, 0.4) is 0 Å². The quantitative estimate of drug-likeness (QED) is 0.0982. The van der Waals surface area contributed by atoms with Crippen molar-refractivity contribution in [3.63, 3.8) is 0 Å². The first-order valence-corrected chi connectivity index (χ1v) is 22.2. The number of aromatic nitrogens is 4. The number of alkyl halides is 1. The summed E-state index contributed by atoms with van der Waals surface area (Å²) < 4.78 is 21.1. The monoisotopic (exact) mass is 884 g/mol. The number of benzene rings is 7. The molecule has 11 aromatic rings. The van der Waals surface area contributed by atoms with E-state index < -0.39 is 14.2 Å². The van der Waals surface area contributed by atoms with Gasteiger partial charge in [0.2, 0.25) is 0 Å². The number of fused-ring (bicyclic) bond motifs is 12. The molecule has 4 nitrogen and oxygen atoms in total. The van der Waals surface area contributed by atoms with Crippen LogP contribution in [0.2, 0.25) is 0 Å². The molecule has 8 heteroatoms. The van der Waals surface area contributed by atoms with E-state index >= 15 is 4.39 Å². The second-order valence-electron chi connectivity index (χ2n) is 14.8. The second kappa shape index (κ2) is 14.0. The summed E-state index contributed by atoms with van der Waals surface area (Å²) in [6.45, 7) is 0. The molecule has 0 amide bonds. The van der Waals surface area contributed by atoms with Crippen molar-refractivity contribution in [3.05, 3.63) is 206 Å². The fourth-order valence-corrected chi connectivity index (χ4v) is 16.5. The van der Waals surface area contributed by atoms with Crippen LogP contribution in [0, 0.1) is 12.1 Å². The molecule has 0 saturated carbocycles. The van der Waals surface area contributed by atoms with Crippen LogP contribution in [0.15, 0.2) is 192 Å². The van der Waals surface area contributed by atoms with Gasteiger partial charge in [-0.05, 0) is 56.5 Å². The van der Waals surface area contributed by atoms with Crippen LogP contribution >= 0.6 is 11.8 Å². The van der Waals surface area contributed by atoms with Gasteiger partial charge in [0.15, 0.2) is 8.07 Å². The van der Waals surface area contributed by atoms with Crippen LogP contribution in [0.4, 0.5) is 4.39 Å². The van der Waals surface area contributed by atoms with E-state index in [9.17, 15) is 0 Å². The number of pyridine rings is 2. The number of nitrogens with zero attached hydrogens (tertiary/aromatic N) is 4. The number of halogens is 1. The van der Waals surface area contributed by atoms with Crippen molar-refractivity contribution in [2.75, 3.05) is 0 Å². The fourth-order valence-electron chi connectivity index (χ4n) is 9.41. The molecule has 0 bridgehead atoms. The average Bonchev–Trinajstić information content (AvgIpc) is 3.93. The van der Waals surface area contributed by atoms with Crippen LogP contribution < -0.4 is 20.7 Å². The molecule has 59 heavy (non-hydrogen) atoms. The third kappa shape index (κ3) is 5.24. The fraction of sp³-hybridized carbons (Fsp3) is 0.0196. The number of rotatable bonds is 5. The van der Waals surface area contributed by atoms with Crippen molar-refractivity contribution < 1.29 is 24.8 Å². The SMILES string of the molecule is FC(c1[c-]c(-n2c3ccc4c(c3c3cccnc32)Sc2ccccc2[Si]4(c2ccccc2)c2ccccc2)ccc1)c1[c-]c2c(cc1)c1ccccc1n1ccnc21.[Pd+2]. The van der Waals surface area contributed by atoms with E-state index in [4.69, 9.17) is 4.98 Å². The molecule has 4 aromatic heterocycles. The molecular formula is C51H31FN4PdSSi. The zero-order valence-electron chi connectivity index (χ0n) is 31.3. The van der Waals surface area contributed by atoms with Crippen molar-refractivity contribution >= 4 is 89.8 Å². The maximum absolute atomic E-state index is 16.9. The first kappa shape index (κ1) is 36.0. The van der Waals surface area contributed by atoms with Crippen LogP contribution in [-0.4, -0.2) is 27.0 Å². The number of hydrogen-bond donors (Lipinski definition) is 0. The Morgan fingerprint density at radius 3 is 2.10 bits per heavy atom. The summed E-state index contributed by atoms with van der Waals surface area (Å²) in [5.41, 5.74) is 5.24. The topological polar surface area (TPSA) is 35.1 Å². The average molecular weight is 885 g/mol. The Balaban J connectivity index is 0.00000397. The molecular weight excluding hydrogens is 854 g/mol. The number of imidazole rings is 1. The van der Waals surface area contributed by atoms with Gasteiger partial charge < -0.3 is 8.97 Å². The van der Waals surface area contributed by atoms with Gasteiger partial charge in [-0.25, -0.2) is 9.37 Å². The minimum Gasteiger partial charge on any atom is -0.340 e. The van der Waals surface area contributed by atoms with Crippen molar-refractivity contribution in [1.29, 1.82) is 0 Å². The molecule has 1 unspecified atom stereocenters. The predicted octanol–water partition coefficient (Wildman–Crippen LogP) is 9.63. The summed E-state index contributed by atoms with van der Waals surface area (Å²) in [5.74, 6) is 0. The van der Waals surface area contributed by atoms with E-state index in [2.05, 4.69) is 141 Å². The predicted molar refractivity (Wildman–Crippen MR) is 237 cm³/mol. The third-order valence-electron chi connectivity index (χ3n) is 11.8. The number of hydrogen-bond acceptors (Lipinski definition) is 3. The second-order valence-corrected chi connectivity index (χ2v) is 19.6. The zero-order valence-corrected chi connectivity index (χ0v) is 34.7. The van der Waals surface area contributed by atoms with Gasteiger partial charge in [0.1, 0.15) is 11.8 Å². The minimum atomic E-state index is -2.78. The maximum atomic E-state index is 16.9. The first-order chi connectivity index (χ1) is 28.7. The molecule has 0 spiro atoms. The van der Waals surface area contributed by atoms with Crippen molar-refractivity contribution in [2.24, 2.45) is 0 Å². The van der Waals surface area contributed by atoms with E-state index in [0.29, 0.717) is 11.1 Å². The van der Waals surface area contributed by atoms with E-state index in [-0.39, 0.29) is 20.4 Å².